The average Bonchev–Trinajstić information content (AvgIpc) is 2.67. The minimum Gasteiger partial charge on any atom is -0.711 e. The highest BCUT2D eigenvalue weighted by molar-refractivity contribution is 5.71. The largest absolute Gasteiger partial charge is 0.711 e. The highest BCUT2D eigenvalue weighted by Gasteiger charge is 2.12. The molecule has 6 nitrogen and oxygen atoms in total. The van der Waals surface area contributed by atoms with Gasteiger partial charge in [-0.3, -0.25) is 0 Å². The van der Waals surface area contributed by atoms with E-state index < -0.39 is 5.97 Å². The van der Waals surface area contributed by atoms with Crippen LogP contribution in [0.3, 0.4) is 0 Å². The molecule has 3 aromatic rings. The summed E-state index contributed by atoms with van der Waals surface area (Å²) in [6.45, 7) is -0.435. The molecule has 0 aliphatic rings. The Morgan fingerprint density at radius 1 is 1.04 bits per heavy atom. The summed E-state index contributed by atoms with van der Waals surface area (Å²) in [6, 6.07) is 19.1. The van der Waals surface area contributed by atoms with E-state index in [1.165, 1.54) is 18.5 Å². The van der Waals surface area contributed by atoms with Gasteiger partial charge in [0.05, 0.1) is 6.20 Å². The quantitative estimate of drug-likeness (QED) is 0.372. The van der Waals surface area contributed by atoms with Gasteiger partial charge < -0.3 is 14.7 Å². The van der Waals surface area contributed by atoms with Crippen molar-refractivity contribution < 1.29 is 19.0 Å². The Kier molecular flexibility index (Phi) is 5.77. The van der Waals surface area contributed by atoms with Gasteiger partial charge in [0.1, 0.15) is 11.9 Å². The lowest BCUT2D eigenvalue weighted by Crippen LogP contribution is -2.33. The molecule has 0 fully saturated rings. The first-order valence-corrected chi connectivity index (χ1v) is 8.15. The molecule has 132 valence electrons. The Morgan fingerprint density at radius 3 is 2.62 bits per heavy atom. The highest BCUT2D eigenvalue weighted by Crippen LogP contribution is 2.21. The molecule has 26 heavy (non-hydrogen) atoms. The lowest BCUT2D eigenvalue weighted by atomic mass is 10.0. The predicted molar refractivity (Wildman–Crippen MR) is 94.2 cm³/mol. The molecule has 2 aromatic carbocycles. The van der Waals surface area contributed by atoms with Crippen LogP contribution in [0, 0.1) is 5.21 Å². The number of aromatic nitrogens is 2. The Hall–Kier alpha value is -3.41. The molecule has 0 bridgehead atoms. The summed E-state index contributed by atoms with van der Waals surface area (Å²) in [5.74, 6) is 0.181. The fourth-order valence-electron chi connectivity index (χ4n) is 2.42. The van der Waals surface area contributed by atoms with Crippen molar-refractivity contribution in [3.63, 3.8) is 0 Å². The Balaban J connectivity index is 1.56. The van der Waals surface area contributed by atoms with Crippen LogP contribution in [0.4, 0.5) is 0 Å². The number of benzene rings is 2. The van der Waals surface area contributed by atoms with Gasteiger partial charge in [-0.05, 0) is 22.2 Å². The van der Waals surface area contributed by atoms with E-state index in [1.54, 1.807) is 0 Å². The zero-order valence-corrected chi connectivity index (χ0v) is 14.1. The van der Waals surface area contributed by atoms with Gasteiger partial charge in [0.15, 0.2) is 13.2 Å². The molecular weight excluding hydrogens is 332 g/mol. The van der Waals surface area contributed by atoms with Crippen molar-refractivity contribution in [3.8, 4) is 5.75 Å². The fraction of sp³-hybridized carbons (Fsp3) is 0.150. The first-order chi connectivity index (χ1) is 12.7. The average molecular weight is 350 g/mol. The third-order valence-electron chi connectivity index (χ3n) is 3.70. The van der Waals surface area contributed by atoms with Crippen LogP contribution in [-0.2, 0) is 22.6 Å². The second kappa shape index (κ2) is 8.62. The van der Waals surface area contributed by atoms with Crippen molar-refractivity contribution in [2.75, 3.05) is 6.61 Å². The third-order valence-corrected chi connectivity index (χ3v) is 3.70. The molecule has 0 aliphatic carbocycles. The molecule has 0 saturated carbocycles. The van der Waals surface area contributed by atoms with E-state index in [2.05, 4.69) is 4.98 Å². The van der Waals surface area contributed by atoms with Crippen LogP contribution in [0.15, 0.2) is 73.1 Å². The first kappa shape index (κ1) is 17.4. The van der Waals surface area contributed by atoms with Crippen molar-refractivity contribution in [1.82, 2.24) is 4.98 Å². The molecule has 6 heteroatoms. The molecule has 0 spiro atoms. The topological polar surface area (TPSA) is 75.4 Å². The molecule has 0 unspecified atom stereocenters. The molecule has 3 rings (SSSR count). The highest BCUT2D eigenvalue weighted by atomic mass is 16.6. The predicted octanol–water partition coefficient (Wildman–Crippen LogP) is 2.43. The van der Waals surface area contributed by atoms with Gasteiger partial charge in [-0.2, -0.15) is 0 Å². The van der Waals surface area contributed by atoms with E-state index in [4.69, 9.17) is 9.47 Å². The fourth-order valence-corrected chi connectivity index (χ4v) is 2.42. The first-order valence-electron chi connectivity index (χ1n) is 8.15. The van der Waals surface area contributed by atoms with Crippen LogP contribution in [0.5, 0.6) is 5.75 Å². The summed E-state index contributed by atoms with van der Waals surface area (Å²) in [5, 5.41) is 11.5. The summed E-state index contributed by atoms with van der Waals surface area (Å²) in [5.41, 5.74) is 2.13. The summed E-state index contributed by atoms with van der Waals surface area (Å²) >= 11 is 0. The molecule has 1 aromatic heterocycles. The third kappa shape index (κ3) is 4.80. The van der Waals surface area contributed by atoms with Crippen LogP contribution >= 0.6 is 0 Å². The molecule has 0 amide bonds. The number of carbonyl (C=O) groups is 1. The maximum absolute atomic E-state index is 11.9. The van der Waals surface area contributed by atoms with Crippen molar-refractivity contribution >= 4 is 5.97 Å². The van der Waals surface area contributed by atoms with Crippen LogP contribution in [-0.4, -0.2) is 17.6 Å². The smallest absolute Gasteiger partial charge is 0.344 e. The number of ether oxygens (including phenoxy) is 2. The minimum atomic E-state index is -0.565. The second-order valence-corrected chi connectivity index (χ2v) is 5.58. The summed E-state index contributed by atoms with van der Waals surface area (Å²) in [4.78, 5) is 15.7. The van der Waals surface area contributed by atoms with E-state index in [-0.39, 0.29) is 19.0 Å². The van der Waals surface area contributed by atoms with Crippen LogP contribution in [0.25, 0.3) is 0 Å². The molecule has 0 atom stereocenters. The van der Waals surface area contributed by atoms with E-state index in [0.29, 0.717) is 16.9 Å². The Labute approximate surface area is 151 Å². The van der Waals surface area contributed by atoms with Gasteiger partial charge in [0.25, 0.3) is 0 Å². The van der Waals surface area contributed by atoms with E-state index >= 15 is 0 Å². The minimum absolute atomic E-state index is 0.116. The van der Waals surface area contributed by atoms with E-state index in [0.717, 1.165) is 11.1 Å². The molecular formula is C20H18N2O4. The molecule has 0 radical (unpaired) electrons. The molecule has 0 saturated heterocycles. The Bertz CT molecular complexity index is 868. The summed E-state index contributed by atoms with van der Waals surface area (Å²) < 4.78 is 11.2. The number of carbonyl (C=O) groups excluding carboxylic acids is 1. The maximum atomic E-state index is 11.9. The van der Waals surface area contributed by atoms with Gasteiger partial charge >= 0.3 is 11.8 Å². The number of rotatable bonds is 7. The zero-order chi connectivity index (χ0) is 18.2. The number of nitrogens with zero attached hydrogens (tertiary/aromatic N) is 2. The standard InChI is InChI=1S/C20H18N2O4/c23-20(26-14-19-21-11-6-12-22(19)24)15-25-18-10-5-4-9-17(18)13-16-7-2-1-3-8-16/h1-12H,13-15H2. The monoisotopic (exact) mass is 350 g/mol. The van der Waals surface area contributed by atoms with Crippen molar-refractivity contribution in [2.24, 2.45) is 0 Å². The summed E-state index contributed by atoms with van der Waals surface area (Å²) in [6.07, 6.45) is 3.47. The van der Waals surface area contributed by atoms with Gasteiger partial charge in [-0.15, -0.1) is 0 Å². The maximum Gasteiger partial charge on any atom is 0.344 e. The van der Waals surface area contributed by atoms with Crippen molar-refractivity contribution in [1.29, 1.82) is 0 Å². The van der Waals surface area contributed by atoms with Gasteiger partial charge in [-0.1, -0.05) is 48.5 Å². The van der Waals surface area contributed by atoms with Gasteiger partial charge in [0.2, 0.25) is 0 Å². The SMILES string of the molecule is O=C(COc1ccccc1Cc1ccccc1)OCc1nccc[n+]1[O-]. The number of hydrogen-bond donors (Lipinski definition) is 0. The number of hydrogen-bond acceptors (Lipinski definition) is 5. The van der Waals surface area contributed by atoms with Crippen molar-refractivity contribution in [3.05, 3.63) is 95.2 Å². The number of para-hydroxylation sites is 1. The van der Waals surface area contributed by atoms with Gasteiger partial charge in [-0.25, -0.2) is 9.52 Å². The normalized spacial score (nSPS) is 10.3. The lowest BCUT2D eigenvalue weighted by Gasteiger charge is -2.11. The molecule has 1 heterocycles. The molecule has 0 aliphatic heterocycles. The zero-order valence-electron chi connectivity index (χ0n) is 14.1. The van der Waals surface area contributed by atoms with Crippen molar-refractivity contribution in [2.45, 2.75) is 13.0 Å². The van der Waals surface area contributed by atoms with Crippen LogP contribution < -0.4 is 9.47 Å². The number of esters is 1. The second-order valence-electron chi connectivity index (χ2n) is 5.58. The lowest BCUT2D eigenvalue weighted by molar-refractivity contribution is -0.620. The molecule has 0 N–H and O–H groups in total. The van der Waals surface area contributed by atoms with Crippen LogP contribution in [0.1, 0.15) is 17.0 Å². The summed E-state index contributed by atoms with van der Waals surface area (Å²) in [7, 11) is 0. The van der Waals surface area contributed by atoms with Gasteiger partial charge in [0, 0.05) is 12.5 Å². The van der Waals surface area contributed by atoms with Crippen LogP contribution in [0.2, 0.25) is 0 Å². The Morgan fingerprint density at radius 2 is 1.81 bits per heavy atom. The van der Waals surface area contributed by atoms with E-state index in [1.807, 2.05) is 54.6 Å². The van der Waals surface area contributed by atoms with E-state index in [9.17, 15) is 10.0 Å².